The molecule has 0 fully saturated rings. The van der Waals surface area contributed by atoms with Crippen molar-refractivity contribution in [2.45, 2.75) is 50.2 Å². The monoisotopic (exact) mass is 496 g/mol. The molecule has 9 N–H and O–H groups in total. The number of carbonyl (C=O) groups is 6. The zero-order valence-electron chi connectivity index (χ0n) is 18.6. The number of hydrogen-bond donors (Lipinski definition) is 8. The maximum Gasteiger partial charge on any atom is 0.322 e. The second-order valence-corrected chi connectivity index (χ2v) is 7.58. The second kappa shape index (κ2) is 14.1. The first-order valence-electron chi connectivity index (χ1n) is 10.5. The molecule has 3 atom stereocenters. The largest absolute Gasteiger partial charge is 0.508 e. The van der Waals surface area contributed by atoms with Crippen molar-refractivity contribution in [3.63, 3.8) is 0 Å². The van der Waals surface area contributed by atoms with E-state index >= 15 is 0 Å². The summed E-state index contributed by atoms with van der Waals surface area (Å²) in [5, 5.41) is 42.6. The van der Waals surface area contributed by atoms with Crippen molar-refractivity contribution in [3.05, 3.63) is 29.8 Å². The number of carbonyl (C=O) groups excluding carboxylic acids is 3. The quantitative estimate of drug-likeness (QED) is 0.134. The molecule has 192 valence electrons. The number of amides is 3. The Kier molecular flexibility index (Phi) is 11.7. The molecule has 0 aliphatic heterocycles. The van der Waals surface area contributed by atoms with Crippen LogP contribution in [-0.2, 0) is 35.2 Å². The summed E-state index contributed by atoms with van der Waals surface area (Å²) in [6.45, 7) is -0.760. The first kappa shape index (κ1) is 28.8. The van der Waals surface area contributed by atoms with Crippen LogP contribution in [0.3, 0.4) is 0 Å². The van der Waals surface area contributed by atoms with Crippen molar-refractivity contribution in [1.82, 2.24) is 16.0 Å². The van der Waals surface area contributed by atoms with E-state index in [0.29, 0.717) is 5.56 Å². The Hall–Kier alpha value is -4.20. The lowest BCUT2D eigenvalue weighted by molar-refractivity contribution is -0.140. The van der Waals surface area contributed by atoms with Crippen LogP contribution in [0, 0.1) is 0 Å². The Morgan fingerprint density at radius 1 is 0.743 bits per heavy atom. The van der Waals surface area contributed by atoms with Gasteiger partial charge in [0.2, 0.25) is 17.7 Å². The van der Waals surface area contributed by atoms with Crippen LogP contribution in [0.25, 0.3) is 0 Å². The van der Waals surface area contributed by atoms with Gasteiger partial charge in [0.25, 0.3) is 0 Å². The highest BCUT2D eigenvalue weighted by Crippen LogP contribution is 2.12. The zero-order valence-corrected chi connectivity index (χ0v) is 18.6. The van der Waals surface area contributed by atoms with Gasteiger partial charge in [-0.15, -0.1) is 0 Å². The summed E-state index contributed by atoms with van der Waals surface area (Å²) in [5.74, 6) is -6.48. The number of aromatic hydroxyl groups is 1. The van der Waals surface area contributed by atoms with Gasteiger partial charge < -0.3 is 42.1 Å². The molecule has 14 heteroatoms. The first-order valence-corrected chi connectivity index (χ1v) is 10.5. The van der Waals surface area contributed by atoms with Crippen LogP contribution < -0.4 is 21.7 Å². The summed E-state index contributed by atoms with van der Waals surface area (Å²) in [6, 6.07) is 1.67. The third-order valence-corrected chi connectivity index (χ3v) is 4.71. The van der Waals surface area contributed by atoms with Crippen LogP contribution in [0.1, 0.15) is 31.2 Å². The van der Waals surface area contributed by atoms with E-state index in [4.69, 9.17) is 21.1 Å². The Balaban J connectivity index is 3.05. The molecule has 3 unspecified atom stereocenters. The van der Waals surface area contributed by atoms with Crippen molar-refractivity contribution >= 4 is 35.6 Å². The van der Waals surface area contributed by atoms with Gasteiger partial charge in [0.1, 0.15) is 24.4 Å². The SMILES string of the molecule is NC(CCC(=O)O)C(=O)NC(Cc1ccc(O)cc1)C(=O)NC(CCC(=O)O)C(=O)NCC(=O)O. The molecule has 0 radical (unpaired) electrons. The lowest BCUT2D eigenvalue weighted by Crippen LogP contribution is -2.56. The van der Waals surface area contributed by atoms with Gasteiger partial charge in [-0.2, -0.15) is 0 Å². The number of nitrogens with two attached hydrogens (primary N) is 1. The van der Waals surface area contributed by atoms with E-state index in [1.807, 2.05) is 0 Å². The smallest absolute Gasteiger partial charge is 0.322 e. The molecular weight excluding hydrogens is 468 g/mol. The molecule has 0 aliphatic carbocycles. The maximum absolute atomic E-state index is 13.0. The summed E-state index contributed by atoms with van der Waals surface area (Å²) in [4.78, 5) is 70.1. The second-order valence-electron chi connectivity index (χ2n) is 7.58. The van der Waals surface area contributed by atoms with E-state index < -0.39 is 66.7 Å². The van der Waals surface area contributed by atoms with Gasteiger partial charge >= 0.3 is 17.9 Å². The Bertz CT molecular complexity index is 935. The highest BCUT2D eigenvalue weighted by atomic mass is 16.4. The van der Waals surface area contributed by atoms with Crippen molar-refractivity contribution in [3.8, 4) is 5.75 Å². The molecule has 0 saturated carbocycles. The number of aliphatic carboxylic acids is 3. The zero-order chi connectivity index (χ0) is 26.5. The van der Waals surface area contributed by atoms with Crippen LogP contribution in [-0.4, -0.2) is 80.7 Å². The fourth-order valence-electron chi connectivity index (χ4n) is 2.86. The van der Waals surface area contributed by atoms with E-state index in [1.165, 1.54) is 24.3 Å². The van der Waals surface area contributed by atoms with Gasteiger partial charge in [0.05, 0.1) is 6.04 Å². The van der Waals surface area contributed by atoms with Gasteiger partial charge in [-0.05, 0) is 30.5 Å². The highest BCUT2D eigenvalue weighted by Gasteiger charge is 2.29. The Morgan fingerprint density at radius 2 is 1.29 bits per heavy atom. The summed E-state index contributed by atoms with van der Waals surface area (Å²) >= 11 is 0. The van der Waals surface area contributed by atoms with Crippen LogP contribution in [0.2, 0.25) is 0 Å². The molecule has 0 saturated heterocycles. The summed E-state index contributed by atoms with van der Waals surface area (Å²) < 4.78 is 0. The Morgan fingerprint density at radius 3 is 1.83 bits per heavy atom. The molecular formula is C21H28N4O10. The minimum atomic E-state index is -1.42. The predicted molar refractivity (Wildman–Crippen MR) is 118 cm³/mol. The van der Waals surface area contributed by atoms with Crippen molar-refractivity contribution < 1.29 is 49.2 Å². The lowest BCUT2D eigenvalue weighted by atomic mass is 10.0. The van der Waals surface area contributed by atoms with E-state index in [-0.39, 0.29) is 31.4 Å². The molecule has 0 aromatic heterocycles. The molecule has 0 aliphatic rings. The number of hydrogen-bond acceptors (Lipinski definition) is 8. The number of carboxylic acids is 3. The predicted octanol–water partition coefficient (Wildman–Crippen LogP) is -1.84. The van der Waals surface area contributed by atoms with Crippen molar-refractivity contribution in [2.24, 2.45) is 5.73 Å². The molecule has 0 bridgehead atoms. The minimum absolute atomic E-state index is 0.0432. The fraction of sp³-hybridized carbons (Fsp3) is 0.429. The number of benzene rings is 1. The number of carboxylic acid groups (broad SMARTS) is 3. The maximum atomic E-state index is 13.0. The van der Waals surface area contributed by atoms with Gasteiger partial charge in [-0.1, -0.05) is 12.1 Å². The summed E-state index contributed by atoms with van der Waals surface area (Å²) in [6.07, 6.45) is -1.57. The molecule has 1 rings (SSSR count). The fourth-order valence-corrected chi connectivity index (χ4v) is 2.86. The molecule has 14 nitrogen and oxygen atoms in total. The molecule has 1 aromatic carbocycles. The van der Waals surface area contributed by atoms with Gasteiger partial charge in [-0.3, -0.25) is 28.8 Å². The standard InChI is InChI=1S/C21H28N4O10/c22-13(5-7-16(27)28)19(33)25-15(9-11-1-3-12(26)4-2-11)21(35)24-14(6-8-17(29)30)20(34)23-10-18(31)32/h1-4,13-15,26H,5-10,22H2,(H,23,34)(H,24,35)(H,25,33)(H,27,28)(H,29,30)(H,31,32). The van der Waals surface area contributed by atoms with Crippen LogP contribution >= 0.6 is 0 Å². The third-order valence-electron chi connectivity index (χ3n) is 4.71. The van der Waals surface area contributed by atoms with Crippen molar-refractivity contribution in [2.75, 3.05) is 6.54 Å². The van der Waals surface area contributed by atoms with Gasteiger partial charge in [0, 0.05) is 19.3 Å². The molecule has 0 spiro atoms. The number of rotatable bonds is 15. The minimum Gasteiger partial charge on any atom is -0.508 e. The van der Waals surface area contributed by atoms with E-state index in [0.717, 1.165) is 0 Å². The highest BCUT2D eigenvalue weighted by molar-refractivity contribution is 5.94. The number of phenolic OH excluding ortho intramolecular Hbond substituents is 1. The van der Waals surface area contributed by atoms with Crippen molar-refractivity contribution in [1.29, 1.82) is 0 Å². The van der Waals surface area contributed by atoms with Gasteiger partial charge in [-0.25, -0.2) is 0 Å². The summed E-state index contributed by atoms with van der Waals surface area (Å²) in [7, 11) is 0. The molecule has 3 amide bonds. The van der Waals surface area contributed by atoms with Gasteiger partial charge in [0.15, 0.2) is 0 Å². The average molecular weight is 496 g/mol. The molecule has 0 heterocycles. The first-order chi connectivity index (χ1) is 16.4. The Labute approximate surface area is 199 Å². The number of phenols is 1. The summed E-state index contributed by atoms with van der Waals surface area (Å²) in [5.41, 5.74) is 6.20. The molecule has 35 heavy (non-hydrogen) atoms. The van der Waals surface area contributed by atoms with E-state index in [2.05, 4.69) is 16.0 Å². The lowest BCUT2D eigenvalue weighted by Gasteiger charge is -2.24. The average Bonchev–Trinajstić information content (AvgIpc) is 2.78. The van der Waals surface area contributed by atoms with E-state index in [1.54, 1.807) is 0 Å². The van der Waals surface area contributed by atoms with Crippen LogP contribution in [0.4, 0.5) is 0 Å². The molecule has 1 aromatic rings. The third kappa shape index (κ3) is 11.5. The van der Waals surface area contributed by atoms with Crippen LogP contribution in [0.5, 0.6) is 5.75 Å². The number of nitrogens with one attached hydrogen (secondary N) is 3. The topological polar surface area (TPSA) is 245 Å². The van der Waals surface area contributed by atoms with E-state index in [9.17, 15) is 33.9 Å². The normalized spacial score (nSPS) is 13.1. The van der Waals surface area contributed by atoms with Crippen LogP contribution in [0.15, 0.2) is 24.3 Å².